The summed E-state index contributed by atoms with van der Waals surface area (Å²) in [5.74, 6) is 0. The molecule has 3 nitrogen and oxygen atoms in total. The van der Waals surface area contributed by atoms with E-state index in [9.17, 15) is 0 Å². The van der Waals surface area contributed by atoms with Gasteiger partial charge in [0.2, 0.25) is 0 Å². The Hall–Kier alpha value is -1.60. The molecule has 15 heavy (non-hydrogen) atoms. The van der Waals surface area contributed by atoms with E-state index >= 15 is 0 Å². The summed E-state index contributed by atoms with van der Waals surface area (Å²) in [6.07, 6.45) is 3.62. The fourth-order valence-electron chi connectivity index (χ4n) is 1.45. The fraction of sp³-hybridized carbons (Fsp3) is 0.0909. The van der Waals surface area contributed by atoms with Gasteiger partial charge in [-0.05, 0) is 46.6 Å². The van der Waals surface area contributed by atoms with E-state index in [-0.39, 0.29) is 0 Å². The maximum atomic E-state index is 8.75. The van der Waals surface area contributed by atoms with Crippen molar-refractivity contribution in [1.29, 1.82) is 5.26 Å². The molecule has 1 aromatic heterocycles. The third-order valence-electron chi connectivity index (χ3n) is 2.16. The molecule has 74 valence electrons. The molecule has 0 fully saturated rings. The van der Waals surface area contributed by atoms with Crippen LogP contribution < -0.4 is 0 Å². The second-order valence-corrected chi connectivity index (χ2v) is 4.03. The molecule has 2 aromatic rings. The van der Waals surface area contributed by atoms with Crippen molar-refractivity contribution >= 4 is 15.9 Å². The van der Waals surface area contributed by atoms with E-state index in [0.29, 0.717) is 5.56 Å². The van der Waals surface area contributed by atoms with Gasteiger partial charge in [0.15, 0.2) is 0 Å². The molecule has 4 heteroatoms. The molecular weight excluding hydrogens is 254 g/mol. The van der Waals surface area contributed by atoms with Crippen molar-refractivity contribution in [2.24, 2.45) is 0 Å². The summed E-state index contributed by atoms with van der Waals surface area (Å²) in [6, 6.07) is 7.70. The minimum atomic E-state index is 0.676. The largest absolute Gasteiger partial charge is 0.305 e. The van der Waals surface area contributed by atoms with Gasteiger partial charge in [0.1, 0.15) is 10.9 Å². The Morgan fingerprint density at radius 3 is 2.80 bits per heavy atom. The number of hydrogen-bond acceptors (Lipinski definition) is 2. The number of halogens is 1. The Bertz CT molecular complexity index is 537. The first-order chi connectivity index (χ1) is 7.20. The van der Waals surface area contributed by atoms with E-state index in [1.165, 1.54) is 0 Å². The van der Waals surface area contributed by atoms with E-state index in [2.05, 4.69) is 27.0 Å². The molecule has 0 N–H and O–H groups in total. The lowest BCUT2D eigenvalue weighted by Crippen LogP contribution is -1.93. The van der Waals surface area contributed by atoms with E-state index < -0.39 is 0 Å². The van der Waals surface area contributed by atoms with Crippen LogP contribution in [0.5, 0.6) is 0 Å². The van der Waals surface area contributed by atoms with Crippen LogP contribution in [0.2, 0.25) is 0 Å². The monoisotopic (exact) mass is 261 g/mol. The average molecular weight is 262 g/mol. The number of aryl methyl sites for hydroxylation is 1. The molecule has 0 unspecified atom stereocenters. The molecule has 0 bridgehead atoms. The molecule has 0 atom stereocenters. The molecular formula is C11H8BrN3. The molecule has 0 aliphatic rings. The maximum absolute atomic E-state index is 8.75. The van der Waals surface area contributed by atoms with Crippen LogP contribution in [-0.2, 0) is 0 Å². The van der Waals surface area contributed by atoms with E-state index in [4.69, 9.17) is 5.26 Å². The Morgan fingerprint density at radius 2 is 2.27 bits per heavy atom. The first-order valence-electron chi connectivity index (χ1n) is 4.41. The molecule has 1 heterocycles. The number of hydrogen-bond donors (Lipinski definition) is 0. The van der Waals surface area contributed by atoms with Crippen LogP contribution in [-0.4, -0.2) is 9.55 Å². The zero-order valence-corrected chi connectivity index (χ0v) is 9.69. The lowest BCUT2D eigenvalue weighted by atomic mass is 10.1. The smallest absolute Gasteiger partial charge is 0.124 e. The highest BCUT2D eigenvalue weighted by Crippen LogP contribution is 2.17. The number of nitriles is 1. The summed E-state index contributed by atoms with van der Waals surface area (Å²) in [4.78, 5) is 4.09. The number of nitrogens with zero attached hydrogens (tertiary/aromatic N) is 3. The van der Waals surface area contributed by atoms with Crippen molar-refractivity contribution in [3.8, 4) is 11.8 Å². The SMILES string of the molecule is Cc1cc(C#N)ccc1-n1cnc(Br)c1. The van der Waals surface area contributed by atoms with Crippen molar-refractivity contribution in [2.75, 3.05) is 0 Å². The highest BCUT2D eigenvalue weighted by molar-refractivity contribution is 9.10. The molecule has 0 spiro atoms. The van der Waals surface area contributed by atoms with Gasteiger partial charge in [-0.2, -0.15) is 5.26 Å². The summed E-state index contributed by atoms with van der Waals surface area (Å²) in [7, 11) is 0. The van der Waals surface area contributed by atoms with Crippen molar-refractivity contribution < 1.29 is 0 Å². The topological polar surface area (TPSA) is 41.6 Å². The highest BCUT2D eigenvalue weighted by atomic mass is 79.9. The van der Waals surface area contributed by atoms with Crippen LogP contribution in [0, 0.1) is 18.3 Å². The van der Waals surface area contributed by atoms with Crippen molar-refractivity contribution in [1.82, 2.24) is 9.55 Å². The van der Waals surface area contributed by atoms with Gasteiger partial charge in [-0.3, -0.25) is 0 Å². The van der Waals surface area contributed by atoms with Crippen LogP contribution in [0.15, 0.2) is 35.3 Å². The lowest BCUT2D eigenvalue weighted by Gasteiger charge is -2.05. The Balaban J connectivity index is 2.51. The second-order valence-electron chi connectivity index (χ2n) is 3.22. The van der Waals surface area contributed by atoms with Gasteiger partial charge in [-0.15, -0.1) is 0 Å². The third-order valence-corrected chi connectivity index (χ3v) is 2.56. The predicted molar refractivity (Wildman–Crippen MR) is 60.7 cm³/mol. The predicted octanol–water partition coefficient (Wildman–Crippen LogP) is 2.81. The Labute approximate surface area is 96.1 Å². The molecule has 0 aliphatic heterocycles. The normalized spacial score (nSPS) is 9.93. The van der Waals surface area contributed by atoms with E-state index in [0.717, 1.165) is 15.9 Å². The van der Waals surface area contributed by atoms with Gasteiger partial charge in [0.05, 0.1) is 11.6 Å². The highest BCUT2D eigenvalue weighted by Gasteiger charge is 2.02. The molecule has 2 rings (SSSR count). The van der Waals surface area contributed by atoms with E-state index in [1.54, 1.807) is 12.4 Å². The summed E-state index contributed by atoms with van der Waals surface area (Å²) in [5, 5.41) is 8.75. The summed E-state index contributed by atoms with van der Waals surface area (Å²) in [5.41, 5.74) is 2.77. The van der Waals surface area contributed by atoms with E-state index in [1.807, 2.05) is 29.8 Å². The summed E-state index contributed by atoms with van der Waals surface area (Å²) < 4.78 is 2.71. The van der Waals surface area contributed by atoms with Gasteiger partial charge in [0, 0.05) is 11.9 Å². The molecule has 0 aliphatic carbocycles. The molecule has 0 radical (unpaired) electrons. The van der Waals surface area contributed by atoms with Crippen LogP contribution in [0.3, 0.4) is 0 Å². The fourth-order valence-corrected chi connectivity index (χ4v) is 1.76. The molecule has 1 aromatic carbocycles. The molecule has 0 saturated carbocycles. The van der Waals surface area contributed by atoms with Gasteiger partial charge >= 0.3 is 0 Å². The quantitative estimate of drug-likeness (QED) is 0.792. The maximum Gasteiger partial charge on any atom is 0.124 e. The second kappa shape index (κ2) is 3.87. The van der Waals surface area contributed by atoms with Gasteiger partial charge < -0.3 is 4.57 Å². The van der Waals surface area contributed by atoms with Crippen molar-refractivity contribution in [3.63, 3.8) is 0 Å². The van der Waals surface area contributed by atoms with Crippen LogP contribution in [0.4, 0.5) is 0 Å². The molecule has 0 saturated heterocycles. The average Bonchev–Trinajstić information content (AvgIpc) is 2.64. The number of aromatic nitrogens is 2. The summed E-state index contributed by atoms with van der Waals surface area (Å²) in [6.45, 7) is 1.98. The standard InChI is InChI=1S/C11H8BrN3/c1-8-4-9(5-13)2-3-10(8)15-6-11(12)14-7-15/h2-4,6-7H,1H3. The first-order valence-corrected chi connectivity index (χ1v) is 5.20. The minimum Gasteiger partial charge on any atom is -0.305 e. The van der Waals surface area contributed by atoms with Crippen LogP contribution in [0.1, 0.15) is 11.1 Å². The van der Waals surface area contributed by atoms with Gasteiger partial charge in [0.25, 0.3) is 0 Å². The first kappa shape index (κ1) is 9.94. The van der Waals surface area contributed by atoms with Crippen LogP contribution in [0.25, 0.3) is 5.69 Å². The molecule has 0 amide bonds. The van der Waals surface area contributed by atoms with Gasteiger partial charge in [-0.25, -0.2) is 4.98 Å². The Kier molecular flexibility index (Phi) is 2.57. The summed E-state index contributed by atoms with van der Waals surface area (Å²) >= 11 is 3.30. The number of benzene rings is 1. The zero-order valence-electron chi connectivity index (χ0n) is 8.11. The lowest BCUT2D eigenvalue weighted by molar-refractivity contribution is 1.04. The van der Waals surface area contributed by atoms with Gasteiger partial charge in [-0.1, -0.05) is 0 Å². The van der Waals surface area contributed by atoms with Crippen molar-refractivity contribution in [2.45, 2.75) is 6.92 Å². The third kappa shape index (κ3) is 1.92. The number of rotatable bonds is 1. The number of imidazole rings is 1. The van der Waals surface area contributed by atoms with Crippen LogP contribution >= 0.6 is 15.9 Å². The minimum absolute atomic E-state index is 0.676. The Morgan fingerprint density at radius 1 is 1.47 bits per heavy atom. The van der Waals surface area contributed by atoms with Crippen molar-refractivity contribution in [3.05, 3.63) is 46.5 Å². The zero-order chi connectivity index (χ0) is 10.8.